The van der Waals surface area contributed by atoms with E-state index in [-0.39, 0.29) is 0 Å². The van der Waals surface area contributed by atoms with Crippen molar-refractivity contribution >= 4 is 21.8 Å². The molecule has 1 aliphatic heterocycles. The van der Waals surface area contributed by atoms with E-state index in [1.54, 1.807) is 0 Å². The number of nitrogens with zero attached hydrogens (tertiary/aromatic N) is 1. The van der Waals surface area contributed by atoms with E-state index in [0.29, 0.717) is 6.54 Å². The normalized spacial score (nSPS) is 14.7. The van der Waals surface area contributed by atoms with Crippen molar-refractivity contribution in [2.75, 3.05) is 6.26 Å². The first-order chi connectivity index (χ1) is 9.55. The van der Waals surface area contributed by atoms with Crippen LogP contribution in [-0.4, -0.2) is 19.0 Å². The molecule has 0 unspecified atom stereocenters. The number of sulfonamides is 1. The summed E-state index contributed by atoms with van der Waals surface area (Å²) in [6.45, 7) is 0.385. The Morgan fingerprint density at radius 2 is 1.60 bits per heavy atom. The lowest BCUT2D eigenvalue weighted by Crippen LogP contribution is -2.30. The molecule has 0 amide bonds. The molecule has 0 bridgehead atoms. The molecule has 0 fully saturated rings. The first-order valence-corrected chi connectivity index (χ1v) is 8.23. The number of hydrogen-bond donors (Lipinski definition) is 0. The molecule has 3 nitrogen and oxygen atoms in total. The molecule has 0 spiro atoms. The summed E-state index contributed by atoms with van der Waals surface area (Å²) in [6, 6.07) is 17.5. The van der Waals surface area contributed by atoms with Crippen LogP contribution in [-0.2, 0) is 16.6 Å². The molecule has 0 aliphatic carbocycles. The van der Waals surface area contributed by atoms with Gasteiger partial charge in [0.15, 0.2) is 0 Å². The van der Waals surface area contributed by atoms with Gasteiger partial charge in [-0.15, -0.1) is 0 Å². The second-order valence-electron chi connectivity index (χ2n) is 4.86. The van der Waals surface area contributed by atoms with Crippen molar-refractivity contribution in [3.05, 3.63) is 71.3 Å². The maximum atomic E-state index is 12.1. The van der Waals surface area contributed by atoms with Gasteiger partial charge in [0.25, 0.3) is 0 Å². The van der Waals surface area contributed by atoms with Gasteiger partial charge in [-0.25, -0.2) is 8.42 Å². The van der Waals surface area contributed by atoms with E-state index in [0.717, 1.165) is 22.4 Å². The van der Waals surface area contributed by atoms with Gasteiger partial charge in [-0.1, -0.05) is 54.6 Å². The van der Waals surface area contributed by atoms with Gasteiger partial charge in [0.2, 0.25) is 10.0 Å². The molecule has 0 aromatic heterocycles. The largest absolute Gasteiger partial charge is 0.265 e. The van der Waals surface area contributed by atoms with Crippen molar-refractivity contribution in [3.63, 3.8) is 0 Å². The molecule has 2 aromatic rings. The summed E-state index contributed by atoms with van der Waals surface area (Å²) in [5.74, 6) is 0. The smallest absolute Gasteiger partial charge is 0.232 e. The van der Waals surface area contributed by atoms with Gasteiger partial charge in [0.05, 0.1) is 18.5 Å². The molecule has 2 aromatic carbocycles. The molecule has 0 N–H and O–H groups in total. The van der Waals surface area contributed by atoms with Crippen LogP contribution in [0.2, 0.25) is 0 Å². The summed E-state index contributed by atoms with van der Waals surface area (Å²) >= 11 is 0. The minimum absolute atomic E-state index is 0.385. The molecule has 0 radical (unpaired) electrons. The minimum Gasteiger partial charge on any atom is -0.265 e. The average molecular weight is 285 g/mol. The Hall–Kier alpha value is -2.07. The third-order valence-corrected chi connectivity index (χ3v) is 4.53. The second-order valence-corrected chi connectivity index (χ2v) is 6.77. The molecule has 1 aliphatic rings. The number of hydrogen-bond acceptors (Lipinski definition) is 2. The van der Waals surface area contributed by atoms with E-state index in [9.17, 15) is 8.42 Å². The second kappa shape index (κ2) is 4.80. The Morgan fingerprint density at radius 1 is 0.950 bits per heavy atom. The quantitative estimate of drug-likeness (QED) is 0.850. The van der Waals surface area contributed by atoms with Gasteiger partial charge in [0, 0.05) is 0 Å². The lowest BCUT2D eigenvalue weighted by atomic mass is 10.00. The number of fused-ring (bicyclic) bond motifs is 1. The summed E-state index contributed by atoms with van der Waals surface area (Å²) < 4.78 is 25.6. The Kier molecular flexibility index (Phi) is 3.10. The van der Waals surface area contributed by atoms with Crippen molar-refractivity contribution in [1.82, 2.24) is 4.31 Å². The molecule has 0 atom stereocenters. The highest BCUT2D eigenvalue weighted by atomic mass is 32.2. The molecule has 0 saturated carbocycles. The van der Waals surface area contributed by atoms with Crippen molar-refractivity contribution in [2.24, 2.45) is 0 Å². The third-order valence-electron chi connectivity index (χ3n) is 3.40. The highest BCUT2D eigenvalue weighted by molar-refractivity contribution is 7.88. The number of benzene rings is 2. The highest BCUT2D eigenvalue weighted by Gasteiger charge is 2.25. The van der Waals surface area contributed by atoms with Crippen LogP contribution in [0, 0.1) is 0 Å². The van der Waals surface area contributed by atoms with Gasteiger partial charge in [0.1, 0.15) is 0 Å². The fraction of sp³-hybridized carbons (Fsp3) is 0.125. The van der Waals surface area contributed by atoms with Gasteiger partial charge in [-0.2, -0.15) is 0 Å². The molecule has 3 rings (SSSR count). The van der Waals surface area contributed by atoms with Crippen LogP contribution >= 0.6 is 0 Å². The van der Waals surface area contributed by atoms with Crippen LogP contribution in [0.4, 0.5) is 0 Å². The Labute approximate surface area is 119 Å². The fourth-order valence-corrected chi connectivity index (χ4v) is 3.30. The maximum Gasteiger partial charge on any atom is 0.232 e. The van der Waals surface area contributed by atoms with Gasteiger partial charge in [-0.05, 0) is 22.8 Å². The van der Waals surface area contributed by atoms with E-state index in [4.69, 9.17) is 0 Å². The van der Waals surface area contributed by atoms with Gasteiger partial charge < -0.3 is 0 Å². The Balaban J connectivity index is 2.19. The summed E-state index contributed by atoms with van der Waals surface area (Å²) in [5.41, 5.74) is 3.74. The standard InChI is InChI=1S/C16H15NO2S/c1-20(18,19)17-12-15-10-6-5-9-14(15)11-16(17)13-7-3-2-4-8-13/h2-11H,12H2,1H3. The average Bonchev–Trinajstić information content (AvgIpc) is 2.46. The van der Waals surface area contributed by atoms with E-state index >= 15 is 0 Å². The zero-order chi connectivity index (χ0) is 14.2. The monoisotopic (exact) mass is 285 g/mol. The molecule has 4 heteroatoms. The van der Waals surface area contributed by atoms with Crippen molar-refractivity contribution in [3.8, 4) is 0 Å². The van der Waals surface area contributed by atoms with Crippen LogP contribution in [0.3, 0.4) is 0 Å². The lowest BCUT2D eigenvalue weighted by Gasteiger charge is -2.30. The molecule has 1 heterocycles. The van der Waals surface area contributed by atoms with Crippen LogP contribution in [0.25, 0.3) is 11.8 Å². The third kappa shape index (κ3) is 2.34. The zero-order valence-corrected chi connectivity index (χ0v) is 12.0. The maximum absolute atomic E-state index is 12.1. The van der Waals surface area contributed by atoms with E-state index < -0.39 is 10.0 Å². The number of rotatable bonds is 2. The van der Waals surface area contributed by atoms with E-state index in [1.165, 1.54) is 10.6 Å². The fourth-order valence-electron chi connectivity index (χ4n) is 2.41. The molecular formula is C16H15NO2S. The first-order valence-electron chi connectivity index (χ1n) is 6.38. The van der Waals surface area contributed by atoms with Crippen molar-refractivity contribution in [2.45, 2.75) is 6.54 Å². The highest BCUT2D eigenvalue weighted by Crippen LogP contribution is 2.32. The van der Waals surface area contributed by atoms with Crippen LogP contribution in [0.5, 0.6) is 0 Å². The summed E-state index contributed by atoms with van der Waals surface area (Å²) in [6.07, 6.45) is 3.19. The summed E-state index contributed by atoms with van der Waals surface area (Å²) in [5, 5.41) is 0. The van der Waals surface area contributed by atoms with Crippen molar-refractivity contribution < 1.29 is 8.42 Å². The Bertz CT molecular complexity index is 764. The molecule has 20 heavy (non-hydrogen) atoms. The topological polar surface area (TPSA) is 37.4 Å². The molecule has 102 valence electrons. The lowest BCUT2D eigenvalue weighted by molar-refractivity contribution is 0.512. The molecular weight excluding hydrogens is 270 g/mol. The van der Waals surface area contributed by atoms with Crippen molar-refractivity contribution in [1.29, 1.82) is 0 Å². The van der Waals surface area contributed by atoms with Crippen LogP contribution in [0.15, 0.2) is 54.6 Å². The summed E-state index contributed by atoms with van der Waals surface area (Å²) in [7, 11) is -3.30. The van der Waals surface area contributed by atoms with Crippen LogP contribution < -0.4 is 0 Å². The van der Waals surface area contributed by atoms with Crippen LogP contribution in [0.1, 0.15) is 16.7 Å². The van der Waals surface area contributed by atoms with E-state index in [2.05, 4.69) is 0 Å². The zero-order valence-electron chi connectivity index (χ0n) is 11.2. The predicted octanol–water partition coefficient (Wildman–Crippen LogP) is 2.96. The first kappa shape index (κ1) is 12.9. The van der Waals surface area contributed by atoms with Gasteiger partial charge >= 0.3 is 0 Å². The molecule has 0 saturated heterocycles. The van der Waals surface area contributed by atoms with Gasteiger partial charge in [-0.3, -0.25) is 4.31 Å². The Morgan fingerprint density at radius 3 is 2.30 bits per heavy atom. The SMILES string of the molecule is CS(=O)(=O)N1Cc2ccccc2C=C1c1ccccc1. The van der Waals surface area contributed by atoms with E-state index in [1.807, 2.05) is 60.7 Å². The summed E-state index contributed by atoms with van der Waals surface area (Å²) in [4.78, 5) is 0. The predicted molar refractivity (Wildman–Crippen MR) is 81.1 cm³/mol. The minimum atomic E-state index is -3.30.